The van der Waals surface area contributed by atoms with Crippen LogP contribution in [0.3, 0.4) is 0 Å². The summed E-state index contributed by atoms with van der Waals surface area (Å²) in [5.41, 5.74) is -0.416. The topological polar surface area (TPSA) is 38.3 Å². The van der Waals surface area contributed by atoms with Gasteiger partial charge in [0.05, 0.1) is 11.8 Å². The summed E-state index contributed by atoms with van der Waals surface area (Å²) in [5.74, 6) is -4.99. The molecule has 0 radical (unpaired) electrons. The minimum Gasteiger partial charge on any atom is -0.369 e. The molecule has 0 aromatic heterocycles. The van der Waals surface area contributed by atoms with E-state index in [2.05, 4.69) is 5.32 Å². The largest absolute Gasteiger partial charge is 0.369 e. The molecule has 1 rings (SSSR count). The van der Waals surface area contributed by atoms with Gasteiger partial charge in [0.25, 0.3) is 0 Å². The van der Waals surface area contributed by atoms with Crippen LogP contribution in [0.15, 0.2) is 12.1 Å². The van der Waals surface area contributed by atoms with Crippen LogP contribution in [-0.4, -0.2) is 18.6 Å². The number of nitrogens with one attached hydrogen (secondary N) is 1. The molecule has 6 heteroatoms. The molecule has 0 atom stereocenters. The van der Waals surface area contributed by atoms with Gasteiger partial charge in [0.2, 0.25) is 5.91 Å². The predicted octanol–water partition coefficient (Wildman–Crippen LogP) is 2.47. The lowest BCUT2D eigenvalue weighted by Gasteiger charge is -2.09. The highest BCUT2D eigenvalue weighted by Crippen LogP contribution is 2.19. The average molecular weight is 247 g/mol. The van der Waals surface area contributed by atoms with Gasteiger partial charge in [-0.25, -0.2) is 13.2 Å². The summed E-state index contributed by atoms with van der Waals surface area (Å²) in [6.45, 7) is 3.17. The SMILES string of the molecule is CC(C)OCC(=O)Nc1ccc(F)c(F)c1F. The molecule has 1 aromatic carbocycles. The number of amides is 1. The minimum absolute atomic E-state index is 0.157. The van der Waals surface area contributed by atoms with Crippen LogP contribution >= 0.6 is 0 Å². The number of hydrogen-bond acceptors (Lipinski definition) is 2. The van der Waals surface area contributed by atoms with Crippen LogP contribution in [0.25, 0.3) is 0 Å². The first kappa shape index (κ1) is 13.5. The standard InChI is InChI=1S/C11H12F3NO2/c1-6(2)17-5-9(16)15-8-4-3-7(12)10(13)11(8)14/h3-4,6H,5H2,1-2H3,(H,15,16). The first-order valence-corrected chi connectivity index (χ1v) is 4.96. The molecule has 0 aliphatic rings. The third-order valence-corrected chi connectivity index (χ3v) is 1.86. The highest BCUT2D eigenvalue weighted by molar-refractivity contribution is 5.91. The van der Waals surface area contributed by atoms with E-state index in [1.165, 1.54) is 0 Å². The number of halogens is 3. The summed E-state index contributed by atoms with van der Waals surface area (Å²) in [4.78, 5) is 11.2. The average Bonchev–Trinajstić information content (AvgIpc) is 2.27. The van der Waals surface area contributed by atoms with Crippen molar-refractivity contribution in [2.75, 3.05) is 11.9 Å². The maximum absolute atomic E-state index is 13.2. The molecule has 0 saturated heterocycles. The number of carbonyl (C=O) groups is 1. The molecular formula is C11H12F3NO2. The number of ether oxygens (including phenoxy) is 1. The Morgan fingerprint density at radius 3 is 2.53 bits per heavy atom. The lowest BCUT2D eigenvalue weighted by molar-refractivity contribution is -0.121. The molecule has 0 bridgehead atoms. The Kier molecular flexibility index (Phi) is 4.51. The molecule has 1 N–H and O–H groups in total. The first-order valence-electron chi connectivity index (χ1n) is 4.96. The zero-order valence-electron chi connectivity index (χ0n) is 9.39. The molecule has 0 saturated carbocycles. The smallest absolute Gasteiger partial charge is 0.250 e. The molecule has 17 heavy (non-hydrogen) atoms. The number of rotatable bonds is 4. The van der Waals surface area contributed by atoms with Gasteiger partial charge in [-0.05, 0) is 26.0 Å². The summed E-state index contributed by atoms with van der Waals surface area (Å²) < 4.78 is 43.5. The van der Waals surface area contributed by atoms with Crippen molar-refractivity contribution in [2.45, 2.75) is 20.0 Å². The summed E-state index contributed by atoms with van der Waals surface area (Å²) >= 11 is 0. The molecule has 0 aliphatic carbocycles. The summed E-state index contributed by atoms with van der Waals surface area (Å²) in [6.07, 6.45) is -0.157. The summed E-state index contributed by atoms with van der Waals surface area (Å²) in [6, 6.07) is 1.68. The van der Waals surface area contributed by atoms with Gasteiger partial charge >= 0.3 is 0 Å². The van der Waals surface area contributed by atoms with E-state index in [0.29, 0.717) is 0 Å². The van der Waals surface area contributed by atoms with E-state index in [0.717, 1.165) is 12.1 Å². The lowest BCUT2D eigenvalue weighted by atomic mass is 10.3. The van der Waals surface area contributed by atoms with Crippen LogP contribution in [0.1, 0.15) is 13.8 Å². The van der Waals surface area contributed by atoms with E-state index >= 15 is 0 Å². The maximum atomic E-state index is 13.2. The van der Waals surface area contributed by atoms with E-state index in [4.69, 9.17) is 4.74 Å². The Hall–Kier alpha value is -1.56. The van der Waals surface area contributed by atoms with Crippen molar-refractivity contribution in [2.24, 2.45) is 0 Å². The second-order valence-electron chi connectivity index (χ2n) is 3.63. The normalized spacial score (nSPS) is 10.7. The Bertz CT molecular complexity index is 421. The van der Waals surface area contributed by atoms with Crippen molar-refractivity contribution >= 4 is 11.6 Å². The highest BCUT2D eigenvalue weighted by atomic mass is 19.2. The molecule has 0 fully saturated rings. The highest BCUT2D eigenvalue weighted by Gasteiger charge is 2.15. The van der Waals surface area contributed by atoms with Crippen LogP contribution in [0, 0.1) is 17.5 Å². The third-order valence-electron chi connectivity index (χ3n) is 1.86. The molecule has 1 amide bonds. The van der Waals surface area contributed by atoms with Gasteiger partial charge in [0.15, 0.2) is 17.5 Å². The second kappa shape index (κ2) is 5.67. The van der Waals surface area contributed by atoms with Gasteiger partial charge in [-0.2, -0.15) is 0 Å². The molecular weight excluding hydrogens is 235 g/mol. The van der Waals surface area contributed by atoms with E-state index in [9.17, 15) is 18.0 Å². The van der Waals surface area contributed by atoms with E-state index < -0.39 is 29.0 Å². The van der Waals surface area contributed by atoms with E-state index in [1.807, 2.05) is 0 Å². The molecule has 0 unspecified atom stereocenters. The maximum Gasteiger partial charge on any atom is 0.250 e. The quantitative estimate of drug-likeness (QED) is 0.830. The molecule has 0 spiro atoms. The molecule has 1 aromatic rings. The fourth-order valence-corrected chi connectivity index (χ4v) is 1.05. The second-order valence-corrected chi connectivity index (χ2v) is 3.63. The monoisotopic (exact) mass is 247 g/mol. The van der Waals surface area contributed by atoms with Crippen molar-refractivity contribution in [3.05, 3.63) is 29.6 Å². The van der Waals surface area contributed by atoms with E-state index in [-0.39, 0.29) is 12.7 Å². The number of benzene rings is 1. The van der Waals surface area contributed by atoms with Crippen LogP contribution in [-0.2, 0) is 9.53 Å². The fourth-order valence-electron chi connectivity index (χ4n) is 1.05. The van der Waals surface area contributed by atoms with Crippen molar-refractivity contribution in [3.63, 3.8) is 0 Å². The number of hydrogen-bond donors (Lipinski definition) is 1. The predicted molar refractivity (Wildman–Crippen MR) is 56.0 cm³/mol. The van der Waals surface area contributed by atoms with Crippen molar-refractivity contribution in [1.29, 1.82) is 0 Å². The van der Waals surface area contributed by atoms with Crippen molar-refractivity contribution < 1.29 is 22.7 Å². The van der Waals surface area contributed by atoms with Gasteiger partial charge in [-0.3, -0.25) is 4.79 Å². The third kappa shape index (κ3) is 3.74. The number of anilines is 1. The van der Waals surface area contributed by atoms with Gasteiger partial charge in [0, 0.05) is 0 Å². The van der Waals surface area contributed by atoms with Crippen molar-refractivity contribution in [3.8, 4) is 0 Å². The number of carbonyl (C=O) groups excluding carboxylic acids is 1. The Morgan fingerprint density at radius 1 is 1.29 bits per heavy atom. The van der Waals surface area contributed by atoms with E-state index in [1.54, 1.807) is 13.8 Å². The van der Waals surface area contributed by atoms with Crippen LogP contribution in [0.2, 0.25) is 0 Å². The molecule has 0 heterocycles. The van der Waals surface area contributed by atoms with Crippen LogP contribution in [0.4, 0.5) is 18.9 Å². The first-order chi connectivity index (χ1) is 7.91. The lowest BCUT2D eigenvalue weighted by Crippen LogP contribution is -2.21. The van der Waals surface area contributed by atoms with Crippen LogP contribution < -0.4 is 5.32 Å². The summed E-state index contributed by atoms with van der Waals surface area (Å²) in [5, 5.41) is 2.09. The zero-order valence-corrected chi connectivity index (χ0v) is 9.39. The van der Waals surface area contributed by atoms with Gasteiger partial charge in [-0.15, -0.1) is 0 Å². The van der Waals surface area contributed by atoms with Crippen molar-refractivity contribution in [1.82, 2.24) is 0 Å². The minimum atomic E-state index is -1.62. The van der Waals surface area contributed by atoms with Crippen LogP contribution in [0.5, 0.6) is 0 Å². The van der Waals surface area contributed by atoms with Gasteiger partial charge in [-0.1, -0.05) is 0 Å². The molecule has 94 valence electrons. The zero-order chi connectivity index (χ0) is 13.0. The summed E-state index contributed by atoms with van der Waals surface area (Å²) in [7, 11) is 0. The molecule has 0 aliphatic heterocycles. The van der Waals surface area contributed by atoms with Gasteiger partial charge < -0.3 is 10.1 Å². The fraction of sp³-hybridized carbons (Fsp3) is 0.364. The Morgan fingerprint density at radius 2 is 1.94 bits per heavy atom. The Balaban J connectivity index is 2.69. The Labute approximate surface area is 96.6 Å². The molecule has 3 nitrogen and oxygen atoms in total. The van der Waals surface area contributed by atoms with Gasteiger partial charge in [0.1, 0.15) is 6.61 Å².